The average molecular weight is 382 g/mol. The quantitative estimate of drug-likeness (QED) is 0.763. The summed E-state index contributed by atoms with van der Waals surface area (Å²) in [5, 5.41) is 0. The Morgan fingerprint density at radius 3 is 2.32 bits per heavy atom. The van der Waals surface area contributed by atoms with Gasteiger partial charge in [0.25, 0.3) is 5.91 Å². The molecule has 1 fully saturated rings. The summed E-state index contributed by atoms with van der Waals surface area (Å²) < 4.78 is 18.3. The van der Waals surface area contributed by atoms with E-state index in [9.17, 15) is 18.8 Å². The summed E-state index contributed by atoms with van der Waals surface area (Å²) in [6.45, 7) is 1.01. The van der Waals surface area contributed by atoms with Crippen molar-refractivity contribution >= 4 is 23.8 Å². The van der Waals surface area contributed by atoms with Crippen LogP contribution in [0.15, 0.2) is 54.2 Å². The number of carbonyl (C=O) groups excluding carboxylic acids is 3. The van der Waals surface area contributed by atoms with Crippen molar-refractivity contribution in [3.63, 3.8) is 0 Å². The molecule has 0 radical (unpaired) electrons. The lowest BCUT2D eigenvalue weighted by Crippen LogP contribution is -2.53. The maximum Gasteiger partial charge on any atom is 0.277 e. The van der Waals surface area contributed by atoms with E-state index in [0.29, 0.717) is 16.9 Å². The molecule has 2 aromatic rings. The van der Waals surface area contributed by atoms with Crippen molar-refractivity contribution in [3.05, 3.63) is 71.2 Å². The summed E-state index contributed by atoms with van der Waals surface area (Å²) in [4.78, 5) is 39.5. The Bertz CT molecular complexity index is 936. The van der Waals surface area contributed by atoms with Gasteiger partial charge in [-0.2, -0.15) is 0 Å². The Morgan fingerprint density at radius 1 is 1.11 bits per heavy atom. The minimum atomic E-state index is -0.551. The van der Waals surface area contributed by atoms with Crippen LogP contribution >= 0.6 is 0 Å². The zero-order valence-electron chi connectivity index (χ0n) is 15.5. The number of halogens is 1. The first kappa shape index (κ1) is 19.3. The van der Waals surface area contributed by atoms with Gasteiger partial charge in [-0.25, -0.2) is 4.39 Å². The first-order valence-electron chi connectivity index (χ1n) is 8.62. The number of piperazine rings is 1. The molecule has 3 rings (SSSR count). The molecule has 1 aliphatic rings. The van der Waals surface area contributed by atoms with Crippen LogP contribution in [0, 0.1) is 5.82 Å². The third-order valence-corrected chi connectivity index (χ3v) is 4.40. The lowest BCUT2D eigenvalue weighted by molar-refractivity contribution is -0.153. The molecule has 0 aromatic heterocycles. The fourth-order valence-electron chi connectivity index (χ4n) is 2.88. The van der Waals surface area contributed by atoms with Crippen LogP contribution in [0.4, 0.5) is 4.39 Å². The maximum absolute atomic E-state index is 13.2. The smallest absolute Gasteiger partial charge is 0.277 e. The van der Waals surface area contributed by atoms with E-state index in [2.05, 4.69) is 0 Å². The second-order valence-corrected chi connectivity index (χ2v) is 6.32. The molecule has 2 aromatic carbocycles. The third-order valence-electron chi connectivity index (χ3n) is 4.40. The highest BCUT2D eigenvalue weighted by Gasteiger charge is 2.36. The van der Waals surface area contributed by atoms with Crippen molar-refractivity contribution in [1.82, 2.24) is 9.80 Å². The van der Waals surface area contributed by atoms with E-state index in [1.54, 1.807) is 49.6 Å². The van der Waals surface area contributed by atoms with Gasteiger partial charge >= 0.3 is 0 Å². The van der Waals surface area contributed by atoms with E-state index in [1.807, 2.05) is 0 Å². The highest BCUT2D eigenvalue weighted by molar-refractivity contribution is 6.12. The van der Waals surface area contributed by atoms with E-state index in [-0.39, 0.29) is 30.5 Å². The van der Waals surface area contributed by atoms with Gasteiger partial charge in [0.1, 0.15) is 23.8 Å². The Balaban J connectivity index is 1.99. The van der Waals surface area contributed by atoms with Crippen LogP contribution in [0.1, 0.15) is 18.1 Å². The predicted molar refractivity (Wildman–Crippen MR) is 100 cm³/mol. The summed E-state index contributed by atoms with van der Waals surface area (Å²) in [5.74, 6) is -1.17. The standard InChI is InChI=1S/C21H19FN2O4/c1-14(25)23-13-20(26)24(12-16-3-7-17(22)8-4-16)19(21(23)27)11-15-5-9-18(28-2)10-6-15/h3-11H,12-13H2,1-2H3/b19-11+. The highest BCUT2D eigenvalue weighted by atomic mass is 19.1. The first-order chi connectivity index (χ1) is 13.4. The molecule has 0 aliphatic carbocycles. The van der Waals surface area contributed by atoms with E-state index >= 15 is 0 Å². The third kappa shape index (κ3) is 4.09. The van der Waals surface area contributed by atoms with Crippen molar-refractivity contribution in [3.8, 4) is 5.75 Å². The predicted octanol–water partition coefficient (Wildman–Crippen LogP) is 2.59. The van der Waals surface area contributed by atoms with E-state index < -0.39 is 11.8 Å². The van der Waals surface area contributed by atoms with Crippen LogP contribution in [-0.2, 0) is 20.9 Å². The van der Waals surface area contributed by atoms with Gasteiger partial charge in [0.05, 0.1) is 13.7 Å². The Morgan fingerprint density at radius 2 is 1.75 bits per heavy atom. The molecule has 0 spiro atoms. The van der Waals surface area contributed by atoms with Gasteiger partial charge in [0.15, 0.2) is 0 Å². The number of rotatable bonds is 4. The molecule has 1 heterocycles. The molecule has 0 atom stereocenters. The van der Waals surface area contributed by atoms with Gasteiger partial charge < -0.3 is 9.64 Å². The number of hydrogen-bond acceptors (Lipinski definition) is 4. The molecule has 0 saturated carbocycles. The Kier molecular flexibility index (Phi) is 5.54. The van der Waals surface area contributed by atoms with Crippen LogP contribution < -0.4 is 4.74 Å². The number of hydrogen-bond donors (Lipinski definition) is 0. The summed E-state index contributed by atoms with van der Waals surface area (Å²) >= 11 is 0. The first-order valence-corrected chi connectivity index (χ1v) is 8.62. The van der Waals surface area contributed by atoms with Crippen molar-refractivity contribution in [2.24, 2.45) is 0 Å². The molecule has 144 valence electrons. The van der Waals surface area contributed by atoms with Crippen LogP contribution in [0.3, 0.4) is 0 Å². The molecular formula is C21H19FN2O4. The molecular weight excluding hydrogens is 363 g/mol. The van der Waals surface area contributed by atoms with E-state index in [1.165, 1.54) is 24.0 Å². The average Bonchev–Trinajstić information content (AvgIpc) is 2.69. The number of amides is 3. The van der Waals surface area contributed by atoms with Gasteiger partial charge in [-0.3, -0.25) is 19.3 Å². The van der Waals surface area contributed by atoms with E-state index in [0.717, 1.165) is 4.90 Å². The highest BCUT2D eigenvalue weighted by Crippen LogP contribution is 2.23. The Hall–Kier alpha value is -3.48. The molecule has 0 N–H and O–H groups in total. The van der Waals surface area contributed by atoms with Gasteiger partial charge in [0, 0.05) is 6.92 Å². The monoisotopic (exact) mass is 382 g/mol. The molecule has 7 heteroatoms. The molecule has 6 nitrogen and oxygen atoms in total. The van der Waals surface area contributed by atoms with Crippen molar-refractivity contribution in [2.45, 2.75) is 13.5 Å². The zero-order chi connectivity index (χ0) is 20.3. The molecule has 28 heavy (non-hydrogen) atoms. The fourth-order valence-corrected chi connectivity index (χ4v) is 2.88. The van der Waals surface area contributed by atoms with E-state index in [4.69, 9.17) is 4.74 Å². The Labute approximate surface area is 161 Å². The van der Waals surface area contributed by atoms with Crippen molar-refractivity contribution < 1.29 is 23.5 Å². The topological polar surface area (TPSA) is 66.9 Å². The number of ether oxygens (including phenoxy) is 1. The van der Waals surface area contributed by atoms with Gasteiger partial charge in [0.2, 0.25) is 11.8 Å². The second-order valence-electron chi connectivity index (χ2n) is 6.32. The molecule has 1 saturated heterocycles. The number of benzene rings is 2. The van der Waals surface area contributed by atoms with Crippen molar-refractivity contribution in [1.29, 1.82) is 0 Å². The number of carbonyl (C=O) groups is 3. The molecule has 0 bridgehead atoms. The van der Waals surface area contributed by atoms with Gasteiger partial charge in [-0.15, -0.1) is 0 Å². The van der Waals surface area contributed by atoms with Gasteiger partial charge in [-0.1, -0.05) is 24.3 Å². The van der Waals surface area contributed by atoms with Crippen LogP contribution in [-0.4, -0.2) is 41.2 Å². The lowest BCUT2D eigenvalue weighted by Gasteiger charge is -2.34. The summed E-state index contributed by atoms with van der Waals surface area (Å²) in [6.07, 6.45) is 1.55. The minimum absolute atomic E-state index is 0.0842. The van der Waals surface area contributed by atoms with Crippen LogP contribution in [0.2, 0.25) is 0 Å². The number of imide groups is 1. The maximum atomic E-state index is 13.2. The molecule has 0 unspecified atom stereocenters. The minimum Gasteiger partial charge on any atom is -0.497 e. The van der Waals surface area contributed by atoms with Crippen molar-refractivity contribution in [2.75, 3.05) is 13.7 Å². The van der Waals surface area contributed by atoms with Gasteiger partial charge in [-0.05, 0) is 41.5 Å². The fraction of sp³-hybridized carbons (Fsp3) is 0.190. The molecule has 1 aliphatic heterocycles. The zero-order valence-corrected chi connectivity index (χ0v) is 15.5. The van der Waals surface area contributed by atoms with Crippen LogP contribution in [0.5, 0.6) is 5.75 Å². The summed E-state index contributed by atoms with van der Waals surface area (Å²) in [6, 6.07) is 12.6. The lowest BCUT2D eigenvalue weighted by atomic mass is 10.1. The summed E-state index contributed by atoms with van der Waals surface area (Å²) in [5.41, 5.74) is 1.42. The number of methoxy groups -OCH3 is 1. The number of nitrogens with zero attached hydrogens (tertiary/aromatic N) is 2. The second kappa shape index (κ2) is 8.04. The molecule has 3 amide bonds. The largest absolute Gasteiger partial charge is 0.497 e. The normalized spacial score (nSPS) is 15.9. The van der Waals surface area contributed by atoms with Crippen LogP contribution in [0.25, 0.3) is 6.08 Å². The summed E-state index contributed by atoms with van der Waals surface area (Å²) in [7, 11) is 1.55. The SMILES string of the molecule is COc1ccc(/C=C2\C(=O)N(C(C)=O)CC(=O)N2Cc2ccc(F)cc2)cc1.